The lowest BCUT2D eigenvalue weighted by atomic mass is 9.93. The molecule has 2 aliphatic carbocycles. The van der Waals surface area contributed by atoms with Crippen molar-refractivity contribution in [3.63, 3.8) is 0 Å². The first-order valence-corrected chi connectivity index (χ1v) is 10.3. The molecule has 2 aliphatic rings. The predicted octanol–water partition coefficient (Wildman–Crippen LogP) is 5.62. The van der Waals surface area contributed by atoms with Crippen molar-refractivity contribution in [1.29, 1.82) is 0 Å². The second kappa shape index (κ2) is 8.31. The highest BCUT2D eigenvalue weighted by Gasteiger charge is 2.34. The second-order valence-corrected chi connectivity index (χ2v) is 8.29. The van der Waals surface area contributed by atoms with Crippen LogP contribution in [0.4, 0.5) is 4.79 Å². The van der Waals surface area contributed by atoms with Gasteiger partial charge in [0, 0.05) is 23.1 Å². The van der Waals surface area contributed by atoms with Crippen LogP contribution in [-0.4, -0.2) is 28.5 Å². The molecule has 8 heteroatoms. The molecule has 1 aromatic carbocycles. The van der Waals surface area contributed by atoms with Crippen LogP contribution in [0.3, 0.4) is 0 Å². The predicted molar refractivity (Wildman–Crippen MR) is 106 cm³/mol. The van der Waals surface area contributed by atoms with Crippen molar-refractivity contribution in [3.8, 4) is 11.3 Å². The van der Waals surface area contributed by atoms with Gasteiger partial charge >= 0.3 is 6.09 Å². The lowest BCUT2D eigenvalue weighted by Gasteiger charge is -2.28. The first kappa shape index (κ1) is 19.6. The van der Waals surface area contributed by atoms with Gasteiger partial charge in [0.15, 0.2) is 0 Å². The van der Waals surface area contributed by atoms with E-state index in [4.69, 9.17) is 37.6 Å². The number of benzene rings is 1. The van der Waals surface area contributed by atoms with E-state index in [1.807, 2.05) is 0 Å². The molecule has 1 amide bonds. The number of aromatic nitrogens is 1. The molecule has 1 aromatic heterocycles. The molecular formula is C20H22Cl2N2O4. The Hall–Kier alpha value is -1.76. The minimum Gasteiger partial charge on any atom is -0.465 e. The number of nitrogens with one attached hydrogen (secondary N) is 1. The van der Waals surface area contributed by atoms with E-state index >= 15 is 0 Å². The number of carboxylic acid groups (broad SMARTS) is 1. The largest absolute Gasteiger partial charge is 0.465 e. The summed E-state index contributed by atoms with van der Waals surface area (Å²) >= 11 is 12.8. The highest BCUT2D eigenvalue weighted by molar-refractivity contribution is 6.39. The Bertz CT molecular complexity index is 838. The van der Waals surface area contributed by atoms with Gasteiger partial charge in [0.1, 0.15) is 11.5 Å². The Kier molecular flexibility index (Phi) is 5.80. The van der Waals surface area contributed by atoms with Crippen LogP contribution in [0.5, 0.6) is 0 Å². The molecule has 2 saturated carbocycles. The summed E-state index contributed by atoms with van der Waals surface area (Å²) in [6, 6.07) is 5.38. The smallest absolute Gasteiger partial charge is 0.404 e. The van der Waals surface area contributed by atoms with Crippen LogP contribution in [0.15, 0.2) is 22.7 Å². The maximum atomic E-state index is 10.8. The quantitative estimate of drug-likeness (QED) is 0.628. The van der Waals surface area contributed by atoms with Gasteiger partial charge in [-0.2, -0.15) is 0 Å². The summed E-state index contributed by atoms with van der Waals surface area (Å²) in [6.07, 6.45) is 4.48. The number of rotatable bonds is 6. The number of nitrogens with zero attached hydrogens (tertiary/aromatic N) is 1. The Morgan fingerprint density at radius 3 is 2.46 bits per heavy atom. The van der Waals surface area contributed by atoms with Crippen LogP contribution in [0, 0.1) is 0 Å². The zero-order chi connectivity index (χ0) is 19.7. The third-order valence-corrected chi connectivity index (χ3v) is 6.06. The molecule has 2 aromatic rings. The number of ether oxygens (including phenoxy) is 1. The summed E-state index contributed by atoms with van der Waals surface area (Å²) in [5.74, 6) is 1.25. The number of hydrogen-bond donors (Lipinski definition) is 2. The van der Waals surface area contributed by atoms with Crippen molar-refractivity contribution in [3.05, 3.63) is 39.6 Å². The van der Waals surface area contributed by atoms with Crippen LogP contribution in [-0.2, 0) is 11.3 Å². The number of carbonyl (C=O) groups is 1. The molecule has 6 nitrogen and oxygen atoms in total. The summed E-state index contributed by atoms with van der Waals surface area (Å²) < 4.78 is 11.8. The Labute approximate surface area is 173 Å². The minimum atomic E-state index is -0.968. The molecule has 1 heterocycles. The van der Waals surface area contributed by atoms with Gasteiger partial charge in [-0.05, 0) is 50.7 Å². The average molecular weight is 425 g/mol. The molecule has 0 unspecified atom stereocenters. The van der Waals surface area contributed by atoms with Crippen molar-refractivity contribution in [2.45, 2.75) is 63.2 Å². The highest BCUT2D eigenvalue weighted by Crippen LogP contribution is 2.46. The molecule has 4 rings (SSSR count). The van der Waals surface area contributed by atoms with Gasteiger partial charge < -0.3 is 19.7 Å². The number of amides is 1. The van der Waals surface area contributed by atoms with Crippen molar-refractivity contribution >= 4 is 29.3 Å². The van der Waals surface area contributed by atoms with Crippen molar-refractivity contribution in [2.75, 3.05) is 0 Å². The molecule has 0 spiro atoms. The third-order valence-electron chi connectivity index (χ3n) is 5.43. The molecule has 0 saturated heterocycles. The lowest BCUT2D eigenvalue weighted by Crippen LogP contribution is -2.38. The maximum absolute atomic E-state index is 10.8. The normalized spacial score (nSPS) is 22.2. The molecule has 150 valence electrons. The number of hydrogen-bond acceptors (Lipinski definition) is 4. The zero-order valence-electron chi connectivity index (χ0n) is 15.3. The van der Waals surface area contributed by atoms with Gasteiger partial charge in [0.05, 0.1) is 22.8 Å². The van der Waals surface area contributed by atoms with E-state index in [-0.39, 0.29) is 12.1 Å². The van der Waals surface area contributed by atoms with Crippen LogP contribution in [0.2, 0.25) is 10.0 Å². The van der Waals surface area contributed by atoms with Gasteiger partial charge in [-0.1, -0.05) is 34.4 Å². The minimum absolute atomic E-state index is 0.00691. The fraction of sp³-hybridized carbons (Fsp3) is 0.500. The van der Waals surface area contributed by atoms with Crippen LogP contribution >= 0.6 is 23.2 Å². The van der Waals surface area contributed by atoms with E-state index in [9.17, 15) is 4.79 Å². The summed E-state index contributed by atoms with van der Waals surface area (Å²) in [7, 11) is 0. The average Bonchev–Trinajstić information content (AvgIpc) is 3.42. The molecule has 28 heavy (non-hydrogen) atoms. The van der Waals surface area contributed by atoms with Gasteiger partial charge in [0.2, 0.25) is 0 Å². The number of halogens is 2. The fourth-order valence-corrected chi connectivity index (χ4v) is 4.37. The molecule has 0 aliphatic heterocycles. The first-order chi connectivity index (χ1) is 13.5. The van der Waals surface area contributed by atoms with Crippen molar-refractivity contribution in [1.82, 2.24) is 10.5 Å². The SMILES string of the molecule is O=C(O)N[C@H]1CC[C@@H](OCc2c(-c3c(Cl)cccc3Cl)noc2C2CC2)CC1. The summed E-state index contributed by atoms with van der Waals surface area (Å²) in [6.45, 7) is 0.383. The standard InChI is InChI=1S/C20H22Cl2N2O4/c21-15-2-1-3-16(22)17(15)18-14(19(28-24-18)11-4-5-11)10-27-13-8-6-12(7-9-13)23-20(25)26/h1-3,11-13,23H,4-10H2,(H,25,26)/t12-,13+. The zero-order valence-corrected chi connectivity index (χ0v) is 16.8. The van der Waals surface area contributed by atoms with Gasteiger partial charge in [0.25, 0.3) is 0 Å². The van der Waals surface area contributed by atoms with Crippen LogP contribution in [0.1, 0.15) is 55.8 Å². The topological polar surface area (TPSA) is 84.6 Å². The van der Waals surface area contributed by atoms with E-state index in [1.54, 1.807) is 18.2 Å². The fourth-order valence-electron chi connectivity index (χ4n) is 3.80. The molecule has 0 radical (unpaired) electrons. The second-order valence-electron chi connectivity index (χ2n) is 7.48. The van der Waals surface area contributed by atoms with Gasteiger partial charge in [-0.3, -0.25) is 0 Å². The highest BCUT2D eigenvalue weighted by atomic mass is 35.5. The third kappa shape index (κ3) is 4.29. The van der Waals surface area contributed by atoms with Gasteiger partial charge in [-0.15, -0.1) is 0 Å². The van der Waals surface area contributed by atoms with E-state index in [0.717, 1.165) is 49.8 Å². The first-order valence-electron chi connectivity index (χ1n) is 9.56. The van der Waals surface area contributed by atoms with Crippen LogP contribution in [0.25, 0.3) is 11.3 Å². The lowest BCUT2D eigenvalue weighted by molar-refractivity contribution is 0.0111. The summed E-state index contributed by atoms with van der Waals surface area (Å²) in [5.41, 5.74) is 2.25. The van der Waals surface area contributed by atoms with Crippen molar-refractivity contribution in [2.24, 2.45) is 0 Å². The van der Waals surface area contributed by atoms with E-state index in [0.29, 0.717) is 33.8 Å². The van der Waals surface area contributed by atoms with E-state index < -0.39 is 6.09 Å². The van der Waals surface area contributed by atoms with E-state index in [2.05, 4.69) is 10.5 Å². The molecule has 2 fully saturated rings. The summed E-state index contributed by atoms with van der Waals surface area (Å²) in [4.78, 5) is 10.8. The molecule has 0 atom stereocenters. The Morgan fingerprint density at radius 2 is 1.86 bits per heavy atom. The van der Waals surface area contributed by atoms with Gasteiger partial charge in [-0.25, -0.2) is 4.79 Å². The van der Waals surface area contributed by atoms with Crippen molar-refractivity contribution < 1.29 is 19.2 Å². The van der Waals surface area contributed by atoms with Crippen LogP contribution < -0.4 is 5.32 Å². The maximum Gasteiger partial charge on any atom is 0.404 e. The monoisotopic (exact) mass is 424 g/mol. The van der Waals surface area contributed by atoms with E-state index in [1.165, 1.54) is 0 Å². The molecule has 2 N–H and O–H groups in total. The molecular weight excluding hydrogens is 403 g/mol. The Morgan fingerprint density at radius 1 is 1.18 bits per heavy atom. The summed E-state index contributed by atoms with van der Waals surface area (Å²) in [5, 5.41) is 16.7. The molecule has 0 bridgehead atoms. The Balaban J connectivity index is 1.49.